The second kappa shape index (κ2) is 17.3. The Labute approximate surface area is 155 Å². The van der Waals surface area contributed by atoms with Crippen LogP contribution in [0.15, 0.2) is 0 Å². The Morgan fingerprint density at radius 2 is 0.870 bits per heavy atom. The molecular formula is C20H38CoO2. The van der Waals surface area contributed by atoms with E-state index >= 15 is 0 Å². The topological polar surface area (TPSA) is 46.1 Å². The molecule has 0 aromatic carbocycles. The normalized spacial score (nSPS) is 19.6. The second-order valence-corrected chi connectivity index (χ2v) is 7.41. The van der Waals surface area contributed by atoms with Gasteiger partial charge in [0.2, 0.25) is 0 Å². The molecule has 2 aliphatic carbocycles. The van der Waals surface area contributed by atoms with E-state index in [-0.39, 0.29) is 30.0 Å². The van der Waals surface area contributed by atoms with Gasteiger partial charge >= 0.3 is 16.8 Å². The zero-order chi connectivity index (χ0) is 15.9. The maximum absolute atomic E-state index is 10.2. The van der Waals surface area contributed by atoms with E-state index in [1.54, 1.807) is 0 Å². The van der Waals surface area contributed by atoms with Crippen molar-refractivity contribution in [3.63, 3.8) is 0 Å². The van der Waals surface area contributed by atoms with Crippen LogP contribution in [0.1, 0.15) is 103 Å². The number of unbranched alkanes of at least 4 members (excludes halogenated alkanes) is 2. The predicted octanol–water partition coefficient (Wildman–Crippen LogP) is 4.19. The molecule has 139 valence electrons. The molecule has 0 aromatic heterocycles. The maximum Gasteiger partial charge on any atom is 2.00 e. The van der Waals surface area contributed by atoms with E-state index < -0.39 is 0 Å². The van der Waals surface area contributed by atoms with Gasteiger partial charge in [0.1, 0.15) is 0 Å². The van der Waals surface area contributed by atoms with E-state index in [0.717, 1.165) is 24.7 Å². The summed E-state index contributed by atoms with van der Waals surface area (Å²) >= 11 is 0. The van der Waals surface area contributed by atoms with Gasteiger partial charge in [0, 0.05) is 0 Å². The molecule has 2 aliphatic rings. The molecule has 0 heterocycles. The van der Waals surface area contributed by atoms with Gasteiger partial charge in [0.05, 0.1) is 0 Å². The molecule has 0 amide bonds. The van der Waals surface area contributed by atoms with Gasteiger partial charge in [-0.15, -0.1) is 13.2 Å². The molecule has 0 aliphatic heterocycles. The van der Waals surface area contributed by atoms with E-state index in [1.165, 1.54) is 89.9 Å². The minimum Gasteiger partial charge on any atom is -0.854 e. The number of hydrogen-bond donors (Lipinski definition) is 0. The summed E-state index contributed by atoms with van der Waals surface area (Å²) in [6.45, 7) is 0.263. The van der Waals surface area contributed by atoms with Crippen LogP contribution in [0.4, 0.5) is 0 Å². The van der Waals surface area contributed by atoms with Crippen LogP contribution < -0.4 is 10.2 Å². The van der Waals surface area contributed by atoms with Crippen molar-refractivity contribution in [3.8, 4) is 0 Å². The summed E-state index contributed by atoms with van der Waals surface area (Å²) in [6, 6.07) is 0. The van der Waals surface area contributed by atoms with Crippen LogP contribution >= 0.6 is 0 Å². The molecule has 0 bridgehead atoms. The quantitative estimate of drug-likeness (QED) is 0.602. The van der Waals surface area contributed by atoms with E-state index in [0.29, 0.717) is 0 Å². The second-order valence-electron chi connectivity index (χ2n) is 7.41. The maximum atomic E-state index is 10.2. The molecule has 2 rings (SSSR count). The summed E-state index contributed by atoms with van der Waals surface area (Å²) in [5.74, 6) is 1.94. The largest absolute Gasteiger partial charge is 2.00 e. The van der Waals surface area contributed by atoms with Gasteiger partial charge in [0.25, 0.3) is 0 Å². The van der Waals surface area contributed by atoms with Crippen molar-refractivity contribution in [2.24, 2.45) is 11.8 Å². The smallest absolute Gasteiger partial charge is 0.854 e. The molecule has 2 saturated carbocycles. The third kappa shape index (κ3) is 13.4. The summed E-state index contributed by atoms with van der Waals surface area (Å²) in [7, 11) is 0. The fourth-order valence-electron chi connectivity index (χ4n) is 4.02. The molecule has 0 N–H and O–H groups in total. The summed E-state index contributed by atoms with van der Waals surface area (Å²) in [6.07, 6.45) is 21.1. The number of hydrogen-bond acceptors (Lipinski definition) is 2. The zero-order valence-corrected chi connectivity index (χ0v) is 16.1. The summed E-state index contributed by atoms with van der Waals surface area (Å²) in [5.41, 5.74) is 0. The predicted molar refractivity (Wildman–Crippen MR) is 90.6 cm³/mol. The first-order valence-electron chi connectivity index (χ1n) is 10.0. The average Bonchev–Trinajstić information content (AvgIpc) is 2.58. The van der Waals surface area contributed by atoms with Gasteiger partial charge in [0.15, 0.2) is 0 Å². The standard InChI is InChI=1S/2C10H19O.Co/c2*11-9-5-4-8-10-6-2-1-3-7-10;/h2*10H,1-9H2;/q2*-1;+2. The SMILES string of the molecule is [Co+2].[O-]CCCCC1CCCCC1.[O-]CCCCC1CCCCC1. The van der Waals surface area contributed by atoms with Crippen LogP contribution in [-0.4, -0.2) is 13.2 Å². The van der Waals surface area contributed by atoms with Crippen LogP contribution in [0.25, 0.3) is 0 Å². The van der Waals surface area contributed by atoms with Crippen molar-refractivity contribution in [2.75, 3.05) is 13.2 Å². The van der Waals surface area contributed by atoms with Crippen LogP contribution in [0.5, 0.6) is 0 Å². The first-order chi connectivity index (χ1) is 10.9. The molecule has 0 aromatic rings. The molecule has 0 atom stereocenters. The fourth-order valence-corrected chi connectivity index (χ4v) is 4.02. The van der Waals surface area contributed by atoms with E-state index in [4.69, 9.17) is 0 Å². The Balaban J connectivity index is 0.000000403. The Morgan fingerprint density at radius 3 is 1.17 bits per heavy atom. The average molecular weight is 369 g/mol. The summed E-state index contributed by atoms with van der Waals surface area (Å²) in [4.78, 5) is 0. The van der Waals surface area contributed by atoms with Crippen molar-refractivity contribution >= 4 is 0 Å². The molecular weight excluding hydrogens is 331 g/mol. The van der Waals surface area contributed by atoms with Gasteiger partial charge in [-0.05, 0) is 11.8 Å². The molecule has 2 nitrogen and oxygen atoms in total. The van der Waals surface area contributed by atoms with Crippen molar-refractivity contribution < 1.29 is 27.0 Å². The van der Waals surface area contributed by atoms with E-state index in [9.17, 15) is 10.2 Å². The molecule has 0 unspecified atom stereocenters. The molecule has 23 heavy (non-hydrogen) atoms. The monoisotopic (exact) mass is 369 g/mol. The third-order valence-corrected chi connectivity index (χ3v) is 5.46. The summed E-state index contributed by atoms with van der Waals surface area (Å²) in [5, 5.41) is 20.3. The van der Waals surface area contributed by atoms with E-state index in [2.05, 4.69) is 0 Å². The zero-order valence-electron chi connectivity index (χ0n) is 15.0. The third-order valence-electron chi connectivity index (χ3n) is 5.46. The van der Waals surface area contributed by atoms with Crippen LogP contribution in [0, 0.1) is 11.8 Å². The number of rotatable bonds is 8. The Kier molecular flexibility index (Phi) is 17.6. The van der Waals surface area contributed by atoms with E-state index in [1.807, 2.05) is 0 Å². The first-order valence-corrected chi connectivity index (χ1v) is 10.0. The molecule has 0 saturated heterocycles. The van der Waals surface area contributed by atoms with Crippen LogP contribution in [-0.2, 0) is 16.8 Å². The van der Waals surface area contributed by atoms with Gasteiger partial charge in [-0.1, -0.05) is 103 Å². The molecule has 3 heteroatoms. The minimum atomic E-state index is 0. The van der Waals surface area contributed by atoms with Crippen LogP contribution in [0.2, 0.25) is 0 Å². The van der Waals surface area contributed by atoms with Crippen LogP contribution in [0.3, 0.4) is 0 Å². The van der Waals surface area contributed by atoms with Gasteiger partial charge < -0.3 is 10.2 Å². The van der Waals surface area contributed by atoms with Crippen molar-refractivity contribution in [1.82, 2.24) is 0 Å². The Morgan fingerprint density at radius 1 is 0.522 bits per heavy atom. The van der Waals surface area contributed by atoms with Gasteiger partial charge in [-0.25, -0.2) is 0 Å². The fraction of sp³-hybridized carbons (Fsp3) is 1.00. The van der Waals surface area contributed by atoms with Gasteiger partial charge in [-0.2, -0.15) is 0 Å². The van der Waals surface area contributed by atoms with Crippen molar-refractivity contribution in [2.45, 2.75) is 103 Å². The van der Waals surface area contributed by atoms with Crippen molar-refractivity contribution in [3.05, 3.63) is 0 Å². The molecule has 2 fully saturated rings. The van der Waals surface area contributed by atoms with Crippen molar-refractivity contribution in [1.29, 1.82) is 0 Å². The Hall–Kier alpha value is 0.426. The minimum absolute atomic E-state index is 0. The Bertz CT molecular complexity index is 200. The molecule has 1 radical (unpaired) electrons. The molecule has 0 spiro atoms. The first kappa shape index (κ1) is 23.4. The summed E-state index contributed by atoms with van der Waals surface area (Å²) < 4.78 is 0. The van der Waals surface area contributed by atoms with Gasteiger partial charge in [-0.3, -0.25) is 0 Å².